The van der Waals surface area contributed by atoms with Gasteiger partial charge in [0.15, 0.2) is 0 Å². The fourth-order valence-electron chi connectivity index (χ4n) is 1.65. The number of benzene rings is 1. The van der Waals surface area contributed by atoms with Crippen molar-refractivity contribution in [3.05, 3.63) is 52.2 Å². The normalized spacial score (nSPS) is 10.1. The molecule has 0 saturated heterocycles. The molecule has 1 aromatic heterocycles. The highest BCUT2D eigenvalue weighted by Crippen LogP contribution is 2.15. The van der Waals surface area contributed by atoms with Crippen molar-refractivity contribution in [1.82, 2.24) is 5.32 Å². The van der Waals surface area contributed by atoms with E-state index < -0.39 is 0 Å². The van der Waals surface area contributed by atoms with E-state index in [0.717, 1.165) is 4.88 Å². The van der Waals surface area contributed by atoms with Crippen LogP contribution in [0.25, 0.3) is 0 Å². The molecule has 0 saturated carbocycles. The first-order valence-electron chi connectivity index (χ1n) is 5.96. The van der Waals surface area contributed by atoms with Gasteiger partial charge in [-0.15, -0.1) is 22.9 Å². The third-order valence-electron chi connectivity index (χ3n) is 2.57. The highest BCUT2D eigenvalue weighted by atomic mass is 35.5. The van der Waals surface area contributed by atoms with Crippen LogP contribution < -0.4 is 10.6 Å². The SMILES string of the molecule is O=C(CCl)Nc1ccccc1C(=O)NCc1cccs1. The van der Waals surface area contributed by atoms with E-state index in [1.165, 1.54) is 0 Å². The third kappa shape index (κ3) is 3.82. The maximum atomic E-state index is 12.1. The Morgan fingerprint density at radius 3 is 2.65 bits per heavy atom. The molecule has 2 aromatic rings. The molecular weight excluding hydrogens is 296 g/mol. The topological polar surface area (TPSA) is 58.2 Å². The number of anilines is 1. The van der Waals surface area contributed by atoms with E-state index in [9.17, 15) is 9.59 Å². The van der Waals surface area contributed by atoms with Gasteiger partial charge in [-0.05, 0) is 23.6 Å². The molecular formula is C14H13ClN2O2S. The first kappa shape index (κ1) is 14.6. The summed E-state index contributed by atoms with van der Waals surface area (Å²) in [4.78, 5) is 24.5. The molecule has 2 rings (SSSR count). The number of carbonyl (C=O) groups excluding carboxylic acids is 2. The second-order valence-electron chi connectivity index (χ2n) is 3.99. The quantitative estimate of drug-likeness (QED) is 0.835. The molecule has 4 nitrogen and oxygen atoms in total. The highest BCUT2D eigenvalue weighted by Gasteiger charge is 2.12. The van der Waals surface area contributed by atoms with E-state index in [1.807, 2.05) is 17.5 Å². The molecule has 2 amide bonds. The van der Waals surface area contributed by atoms with Gasteiger partial charge in [0, 0.05) is 4.88 Å². The number of hydrogen-bond acceptors (Lipinski definition) is 3. The van der Waals surface area contributed by atoms with Crippen molar-refractivity contribution in [2.45, 2.75) is 6.54 Å². The lowest BCUT2D eigenvalue weighted by molar-refractivity contribution is -0.113. The predicted octanol–water partition coefficient (Wildman–Crippen LogP) is 2.86. The molecule has 104 valence electrons. The van der Waals surface area contributed by atoms with Crippen LogP contribution in [0.3, 0.4) is 0 Å². The zero-order chi connectivity index (χ0) is 14.4. The zero-order valence-corrected chi connectivity index (χ0v) is 12.1. The molecule has 6 heteroatoms. The molecule has 0 bridgehead atoms. The summed E-state index contributed by atoms with van der Waals surface area (Å²) in [5.41, 5.74) is 0.879. The third-order valence-corrected chi connectivity index (χ3v) is 3.69. The minimum atomic E-state index is -0.342. The number of halogens is 1. The minimum absolute atomic E-state index is 0.148. The molecule has 1 heterocycles. The van der Waals surface area contributed by atoms with Gasteiger partial charge < -0.3 is 10.6 Å². The molecule has 0 aliphatic heterocycles. The van der Waals surface area contributed by atoms with Gasteiger partial charge in [0.2, 0.25) is 5.91 Å². The lowest BCUT2D eigenvalue weighted by atomic mass is 10.1. The Labute approximate surface area is 125 Å². The Bertz CT molecular complexity index is 599. The second kappa shape index (κ2) is 7.07. The van der Waals surface area contributed by atoms with E-state index >= 15 is 0 Å². The van der Waals surface area contributed by atoms with Crippen LogP contribution >= 0.6 is 22.9 Å². The smallest absolute Gasteiger partial charge is 0.253 e. The molecule has 0 unspecified atom stereocenters. The van der Waals surface area contributed by atoms with Gasteiger partial charge in [-0.3, -0.25) is 9.59 Å². The Morgan fingerprint density at radius 2 is 1.95 bits per heavy atom. The van der Waals surface area contributed by atoms with Crippen LogP contribution in [0.15, 0.2) is 41.8 Å². The minimum Gasteiger partial charge on any atom is -0.347 e. The van der Waals surface area contributed by atoms with E-state index in [-0.39, 0.29) is 17.7 Å². The van der Waals surface area contributed by atoms with Gasteiger partial charge in [-0.1, -0.05) is 18.2 Å². The van der Waals surface area contributed by atoms with Gasteiger partial charge >= 0.3 is 0 Å². The predicted molar refractivity (Wildman–Crippen MR) is 81.3 cm³/mol. The maximum Gasteiger partial charge on any atom is 0.253 e. The Hall–Kier alpha value is -1.85. The Morgan fingerprint density at radius 1 is 1.15 bits per heavy atom. The standard InChI is InChI=1S/C14H13ClN2O2S/c15-8-13(18)17-12-6-2-1-5-11(12)14(19)16-9-10-4-3-7-20-10/h1-7H,8-9H2,(H,16,19)(H,17,18). The largest absolute Gasteiger partial charge is 0.347 e. The van der Waals surface area contributed by atoms with Gasteiger partial charge in [0.25, 0.3) is 5.91 Å². The summed E-state index contributed by atoms with van der Waals surface area (Å²) in [6.07, 6.45) is 0. The zero-order valence-electron chi connectivity index (χ0n) is 10.6. The van der Waals surface area contributed by atoms with Crippen molar-refractivity contribution in [3.63, 3.8) is 0 Å². The molecule has 20 heavy (non-hydrogen) atoms. The van der Waals surface area contributed by atoms with E-state index in [4.69, 9.17) is 11.6 Å². The van der Waals surface area contributed by atoms with Crippen molar-refractivity contribution in [2.24, 2.45) is 0 Å². The fraction of sp³-hybridized carbons (Fsp3) is 0.143. The van der Waals surface area contributed by atoms with Crippen LogP contribution in [-0.2, 0) is 11.3 Å². The molecule has 0 atom stereocenters. The molecule has 0 spiro atoms. The van der Waals surface area contributed by atoms with E-state index in [0.29, 0.717) is 17.8 Å². The van der Waals surface area contributed by atoms with Crippen LogP contribution in [0.1, 0.15) is 15.2 Å². The first-order valence-corrected chi connectivity index (χ1v) is 7.37. The van der Waals surface area contributed by atoms with Crippen LogP contribution in [-0.4, -0.2) is 17.7 Å². The number of amides is 2. The Kier molecular flexibility index (Phi) is 5.15. The molecule has 2 N–H and O–H groups in total. The number of thiophene rings is 1. The van der Waals surface area contributed by atoms with Crippen LogP contribution in [0, 0.1) is 0 Å². The molecule has 0 radical (unpaired) electrons. The van der Waals surface area contributed by atoms with Gasteiger partial charge in [0.1, 0.15) is 5.88 Å². The molecule has 1 aromatic carbocycles. The molecule has 0 fully saturated rings. The summed E-state index contributed by atoms with van der Waals surface area (Å²) in [5, 5.41) is 7.38. The van der Waals surface area contributed by atoms with Crippen molar-refractivity contribution in [2.75, 3.05) is 11.2 Å². The monoisotopic (exact) mass is 308 g/mol. The summed E-state index contributed by atoms with van der Waals surface area (Å²) >= 11 is 7.03. The summed E-state index contributed by atoms with van der Waals surface area (Å²) in [5.74, 6) is -0.723. The van der Waals surface area contributed by atoms with E-state index in [1.54, 1.807) is 35.6 Å². The van der Waals surface area contributed by atoms with Crippen molar-refractivity contribution in [1.29, 1.82) is 0 Å². The number of hydrogen-bond donors (Lipinski definition) is 2. The van der Waals surface area contributed by atoms with Crippen molar-refractivity contribution >= 4 is 40.4 Å². The average molecular weight is 309 g/mol. The second-order valence-corrected chi connectivity index (χ2v) is 5.29. The van der Waals surface area contributed by atoms with Crippen LogP contribution in [0.2, 0.25) is 0 Å². The number of nitrogens with one attached hydrogen (secondary N) is 2. The lowest BCUT2D eigenvalue weighted by Crippen LogP contribution is -2.24. The summed E-state index contributed by atoms with van der Waals surface area (Å²) in [6.45, 7) is 0.467. The Balaban J connectivity index is 2.07. The molecule has 0 aliphatic rings. The first-order chi connectivity index (χ1) is 9.70. The average Bonchev–Trinajstić information content (AvgIpc) is 2.98. The lowest BCUT2D eigenvalue weighted by Gasteiger charge is -2.10. The number of carbonyl (C=O) groups is 2. The van der Waals surface area contributed by atoms with E-state index in [2.05, 4.69) is 10.6 Å². The van der Waals surface area contributed by atoms with Gasteiger partial charge in [-0.25, -0.2) is 0 Å². The molecule has 0 aliphatic carbocycles. The van der Waals surface area contributed by atoms with Crippen molar-refractivity contribution < 1.29 is 9.59 Å². The van der Waals surface area contributed by atoms with Crippen molar-refractivity contribution in [3.8, 4) is 0 Å². The maximum absolute atomic E-state index is 12.1. The fourth-order valence-corrected chi connectivity index (χ4v) is 2.36. The van der Waals surface area contributed by atoms with Crippen LogP contribution in [0.5, 0.6) is 0 Å². The number of para-hydroxylation sites is 1. The van der Waals surface area contributed by atoms with Crippen LogP contribution in [0.4, 0.5) is 5.69 Å². The summed E-state index contributed by atoms with van der Waals surface area (Å²) in [6, 6.07) is 10.7. The number of alkyl halides is 1. The van der Waals surface area contributed by atoms with Gasteiger partial charge in [0.05, 0.1) is 17.8 Å². The summed E-state index contributed by atoms with van der Waals surface area (Å²) in [7, 11) is 0. The number of rotatable bonds is 5. The highest BCUT2D eigenvalue weighted by molar-refractivity contribution is 7.09. The van der Waals surface area contributed by atoms with Gasteiger partial charge in [-0.2, -0.15) is 0 Å². The summed E-state index contributed by atoms with van der Waals surface area (Å²) < 4.78 is 0.